The number of hydrogen-bond acceptors (Lipinski definition) is 3. The predicted octanol–water partition coefficient (Wildman–Crippen LogP) is 1.74. The highest BCUT2D eigenvalue weighted by Crippen LogP contribution is 2.16. The maximum absolute atomic E-state index is 8.91. The Morgan fingerprint density at radius 3 is 2.86 bits per heavy atom. The molecule has 0 saturated heterocycles. The first-order valence-corrected chi connectivity index (χ1v) is 5.02. The molecule has 0 aliphatic heterocycles. The van der Waals surface area contributed by atoms with Crippen LogP contribution >= 0.6 is 15.9 Å². The summed E-state index contributed by atoms with van der Waals surface area (Å²) in [6.45, 7) is 1.77. The van der Waals surface area contributed by atoms with Crippen molar-refractivity contribution in [3.63, 3.8) is 0 Å². The van der Waals surface area contributed by atoms with E-state index in [-0.39, 0.29) is 0 Å². The first-order chi connectivity index (χ1) is 6.59. The molecule has 4 heteroatoms. The highest BCUT2D eigenvalue weighted by molar-refractivity contribution is 9.10. The SMILES string of the molecule is CC(C#N)(Cc1cccc(Br)c1)NN. The van der Waals surface area contributed by atoms with E-state index in [1.807, 2.05) is 24.3 Å². The van der Waals surface area contributed by atoms with Gasteiger partial charge in [-0.1, -0.05) is 28.1 Å². The van der Waals surface area contributed by atoms with Crippen molar-refractivity contribution in [3.05, 3.63) is 34.3 Å². The second-order valence-corrected chi connectivity index (χ2v) is 4.31. The molecule has 0 aliphatic carbocycles. The summed E-state index contributed by atoms with van der Waals surface area (Å²) in [5.74, 6) is 5.32. The van der Waals surface area contributed by atoms with E-state index < -0.39 is 5.54 Å². The molecule has 74 valence electrons. The molecule has 3 nitrogen and oxygen atoms in total. The molecule has 0 radical (unpaired) electrons. The van der Waals surface area contributed by atoms with E-state index in [0.717, 1.165) is 10.0 Å². The molecule has 14 heavy (non-hydrogen) atoms. The summed E-state index contributed by atoms with van der Waals surface area (Å²) in [6.07, 6.45) is 0.583. The van der Waals surface area contributed by atoms with Crippen LogP contribution in [-0.4, -0.2) is 5.54 Å². The van der Waals surface area contributed by atoms with Gasteiger partial charge in [0.2, 0.25) is 0 Å². The van der Waals surface area contributed by atoms with Crippen molar-refractivity contribution in [2.45, 2.75) is 18.9 Å². The van der Waals surface area contributed by atoms with E-state index in [1.165, 1.54) is 0 Å². The highest BCUT2D eigenvalue weighted by Gasteiger charge is 2.21. The Bertz CT molecular complexity index is 359. The maximum atomic E-state index is 8.91. The fraction of sp³-hybridized carbons (Fsp3) is 0.300. The fourth-order valence-corrected chi connectivity index (χ4v) is 1.62. The van der Waals surface area contributed by atoms with Crippen molar-refractivity contribution in [2.75, 3.05) is 0 Å². The second kappa shape index (κ2) is 4.56. The Kier molecular flexibility index (Phi) is 3.64. The molecular weight excluding hydrogens is 242 g/mol. The lowest BCUT2D eigenvalue weighted by molar-refractivity contribution is 0.458. The van der Waals surface area contributed by atoms with Gasteiger partial charge in [0.25, 0.3) is 0 Å². The van der Waals surface area contributed by atoms with Gasteiger partial charge >= 0.3 is 0 Å². The summed E-state index contributed by atoms with van der Waals surface area (Å²) in [5.41, 5.74) is 2.88. The highest BCUT2D eigenvalue weighted by atomic mass is 79.9. The number of nitrogens with zero attached hydrogens (tertiary/aromatic N) is 1. The van der Waals surface area contributed by atoms with Gasteiger partial charge < -0.3 is 0 Å². The molecule has 0 saturated carbocycles. The summed E-state index contributed by atoms with van der Waals surface area (Å²) >= 11 is 3.38. The summed E-state index contributed by atoms with van der Waals surface area (Å²) in [6, 6.07) is 9.98. The zero-order chi connectivity index (χ0) is 10.6. The molecule has 1 rings (SSSR count). The van der Waals surface area contributed by atoms with Gasteiger partial charge in [0, 0.05) is 10.9 Å². The van der Waals surface area contributed by atoms with Crippen LogP contribution in [0.5, 0.6) is 0 Å². The summed E-state index contributed by atoms with van der Waals surface area (Å²) in [7, 11) is 0. The molecule has 1 aromatic carbocycles. The lowest BCUT2D eigenvalue weighted by Crippen LogP contribution is -2.47. The Labute approximate surface area is 92.0 Å². The van der Waals surface area contributed by atoms with Crippen LogP contribution in [0.25, 0.3) is 0 Å². The molecule has 0 heterocycles. The smallest absolute Gasteiger partial charge is 0.119 e. The molecule has 1 aromatic rings. The molecule has 0 bridgehead atoms. The average Bonchev–Trinajstić information content (AvgIpc) is 2.18. The largest absolute Gasteiger partial charge is 0.270 e. The summed E-state index contributed by atoms with van der Waals surface area (Å²) < 4.78 is 1.01. The molecule has 0 aliphatic rings. The van der Waals surface area contributed by atoms with E-state index in [2.05, 4.69) is 27.4 Å². The lowest BCUT2D eigenvalue weighted by Gasteiger charge is -2.20. The maximum Gasteiger partial charge on any atom is 0.119 e. The number of benzene rings is 1. The first-order valence-electron chi connectivity index (χ1n) is 4.23. The van der Waals surface area contributed by atoms with Crippen LogP contribution in [0.4, 0.5) is 0 Å². The molecule has 0 spiro atoms. The van der Waals surface area contributed by atoms with Crippen molar-refractivity contribution >= 4 is 15.9 Å². The lowest BCUT2D eigenvalue weighted by atomic mass is 9.95. The number of nitriles is 1. The van der Waals surface area contributed by atoms with Gasteiger partial charge in [-0.3, -0.25) is 5.84 Å². The van der Waals surface area contributed by atoms with Gasteiger partial charge in [-0.15, -0.1) is 0 Å². The van der Waals surface area contributed by atoms with Gasteiger partial charge in [-0.25, -0.2) is 5.43 Å². The van der Waals surface area contributed by atoms with Gasteiger partial charge in [0.1, 0.15) is 5.54 Å². The Morgan fingerprint density at radius 2 is 2.36 bits per heavy atom. The van der Waals surface area contributed by atoms with Crippen molar-refractivity contribution in [3.8, 4) is 6.07 Å². The number of nitrogens with two attached hydrogens (primary N) is 1. The number of halogens is 1. The van der Waals surface area contributed by atoms with Crippen LogP contribution in [-0.2, 0) is 6.42 Å². The van der Waals surface area contributed by atoms with Gasteiger partial charge in [-0.05, 0) is 24.6 Å². The molecule has 1 unspecified atom stereocenters. The minimum Gasteiger partial charge on any atom is -0.270 e. The number of nitrogens with one attached hydrogen (secondary N) is 1. The van der Waals surface area contributed by atoms with Crippen LogP contribution in [0.3, 0.4) is 0 Å². The van der Waals surface area contributed by atoms with Crippen LogP contribution < -0.4 is 11.3 Å². The number of hydrazine groups is 1. The Morgan fingerprint density at radius 1 is 1.64 bits per heavy atom. The van der Waals surface area contributed by atoms with E-state index in [4.69, 9.17) is 11.1 Å². The van der Waals surface area contributed by atoms with Crippen LogP contribution in [0.2, 0.25) is 0 Å². The van der Waals surface area contributed by atoms with Gasteiger partial charge in [0.15, 0.2) is 0 Å². The average molecular weight is 254 g/mol. The summed E-state index contributed by atoms with van der Waals surface area (Å²) in [5, 5.41) is 8.91. The van der Waals surface area contributed by atoms with Crippen LogP contribution in [0.15, 0.2) is 28.7 Å². The second-order valence-electron chi connectivity index (χ2n) is 3.39. The zero-order valence-corrected chi connectivity index (χ0v) is 9.51. The third-order valence-electron chi connectivity index (χ3n) is 2.01. The normalized spacial score (nSPS) is 14.4. The number of rotatable bonds is 3. The van der Waals surface area contributed by atoms with Crippen molar-refractivity contribution in [1.82, 2.24) is 5.43 Å². The van der Waals surface area contributed by atoms with Crippen LogP contribution in [0.1, 0.15) is 12.5 Å². The molecule has 0 fully saturated rings. The van der Waals surface area contributed by atoms with Crippen LogP contribution in [0, 0.1) is 11.3 Å². The predicted molar refractivity (Wildman–Crippen MR) is 59.2 cm³/mol. The minimum atomic E-state index is -0.708. The molecular formula is C10H12BrN3. The standard InChI is InChI=1S/C10H12BrN3/c1-10(7-12,14-13)6-8-3-2-4-9(11)5-8/h2-5,14H,6,13H2,1H3. The topological polar surface area (TPSA) is 61.8 Å². The Balaban J connectivity index is 2.84. The Hall–Kier alpha value is -0.890. The third kappa shape index (κ3) is 2.81. The zero-order valence-electron chi connectivity index (χ0n) is 7.92. The molecule has 0 amide bonds. The first kappa shape index (κ1) is 11.2. The van der Waals surface area contributed by atoms with E-state index in [1.54, 1.807) is 6.92 Å². The molecule has 1 atom stereocenters. The van der Waals surface area contributed by atoms with E-state index in [9.17, 15) is 0 Å². The van der Waals surface area contributed by atoms with E-state index in [0.29, 0.717) is 6.42 Å². The molecule has 3 N–H and O–H groups in total. The van der Waals surface area contributed by atoms with Gasteiger partial charge in [-0.2, -0.15) is 5.26 Å². The third-order valence-corrected chi connectivity index (χ3v) is 2.51. The quantitative estimate of drug-likeness (QED) is 0.638. The van der Waals surface area contributed by atoms with Crippen molar-refractivity contribution in [1.29, 1.82) is 5.26 Å². The number of hydrogen-bond donors (Lipinski definition) is 2. The fourth-order valence-electron chi connectivity index (χ4n) is 1.18. The monoisotopic (exact) mass is 253 g/mol. The van der Waals surface area contributed by atoms with E-state index >= 15 is 0 Å². The van der Waals surface area contributed by atoms with Crippen molar-refractivity contribution < 1.29 is 0 Å². The summed E-state index contributed by atoms with van der Waals surface area (Å²) in [4.78, 5) is 0. The van der Waals surface area contributed by atoms with Gasteiger partial charge in [0.05, 0.1) is 6.07 Å². The van der Waals surface area contributed by atoms with Crippen molar-refractivity contribution in [2.24, 2.45) is 5.84 Å². The molecule has 0 aromatic heterocycles. The minimum absolute atomic E-state index is 0.583.